The standard InChI is InChI=1S/C10H13BF3NO2/c1-9(2,3)7-4-6(11(16)17)5-8(15-7)10(12,13)14/h4-5,16-17H,1-3H3/i1D3,2D3,3D3. The van der Waals surface area contributed by atoms with Gasteiger partial charge in [0.05, 0.1) is 0 Å². The SMILES string of the molecule is [2H]C([2H])([2H])C(c1cc(B(O)O)cc(C(F)(F)F)n1)(C([2H])([2H])[2H])C([2H])([2H])[2H]. The molecule has 7 heteroatoms. The van der Waals surface area contributed by atoms with Crippen LogP contribution in [0.4, 0.5) is 13.2 Å². The minimum atomic E-state index is -5.23. The highest BCUT2D eigenvalue weighted by Gasteiger charge is 2.35. The molecule has 0 aliphatic rings. The third-order valence-electron chi connectivity index (χ3n) is 1.82. The summed E-state index contributed by atoms with van der Waals surface area (Å²) in [6.45, 7) is -11.5. The van der Waals surface area contributed by atoms with Crippen molar-refractivity contribution in [2.24, 2.45) is 0 Å². The van der Waals surface area contributed by atoms with E-state index in [4.69, 9.17) is 22.4 Å². The molecule has 0 saturated heterocycles. The highest BCUT2D eigenvalue weighted by molar-refractivity contribution is 6.58. The van der Waals surface area contributed by atoms with Gasteiger partial charge in [-0.3, -0.25) is 0 Å². The molecule has 0 fully saturated rings. The fourth-order valence-corrected chi connectivity index (χ4v) is 1.04. The van der Waals surface area contributed by atoms with Crippen molar-refractivity contribution in [3.05, 3.63) is 23.5 Å². The van der Waals surface area contributed by atoms with Crippen LogP contribution in [-0.2, 0) is 11.6 Å². The summed E-state index contributed by atoms with van der Waals surface area (Å²) in [7, 11) is -2.56. The Balaban J connectivity index is 4.09. The molecule has 0 atom stereocenters. The number of pyridine rings is 1. The van der Waals surface area contributed by atoms with Crippen LogP contribution in [-0.4, -0.2) is 22.2 Å². The molecule has 0 spiro atoms. The quantitative estimate of drug-likeness (QED) is 0.739. The first-order chi connectivity index (χ1) is 11.3. The Kier molecular flexibility index (Phi) is 1.45. The summed E-state index contributed by atoms with van der Waals surface area (Å²) >= 11 is 0. The molecule has 0 aliphatic heterocycles. The van der Waals surface area contributed by atoms with E-state index in [9.17, 15) is 13.2 Å². The van der Waals surface area contributed by atoms with E-state index >= 15 is 0 Å². The van der Waals surface area contributed by atoms with Crippen molar-refractivity contribution in [3.63, 3.8) is 0 Å². The molecule has 1 aromatic rings. The molecule has 3 nitrogen and oxygen atoms in total. The summed E-state index contributed by atoms with van der Waals surface area (Å²) in [6, 6.07) is 0.475. The van der Waals surface area contributed by atoms with Crippen LogP contribution < -0.4 is 5.46 Å². The van der Waals surface area contributed by atoms with Gasteiger partial charge in [-0.25, -0.2) is 4.98 Å². The third-order valence-corrected chi connectivity index (χ3v) is 1.82. The molecule has 0 unspecified atom stereocenters. The maximum Gasteiger partial charge on any atom is 0.488 e. The van der Waals surface area contributed by atoms with E-state index in [1.165, 1.54) is 0 Å². The van der Waals surface area contributed by atoms with E-state index in [1.807, 2.05) is 0 Å². The number of hydrogen-bond acceptors (Lipinski definition) is 3. The van der Waals surface area contributed by atoms with Gasteiger partial charge in [0, 0.05) is 23.4 Å². The number of aromatic nitrogens is 1. The average molecular weight is 256 g/mol. The predicted octanol–water partition coefficient (Wildman–Crippen LogP) is 1.08. The van der Waals surface area contributed by atoms with Crippen molar-refractivity contribution in [3.8, 4) is 0 Å². The van der Waals surface area contributed by atoms with E-state index in [0.717, 1.165) is 0 Å². The Morgan fingerprint density at radius 1 is 1.18 bits per heavy atom. The summed E-state index contributed by atoms with van der Waals surface area (Å²) in [4.78, 5) is 2.93. The lowest BCUT2D eigenvalue weighted by molar-refractivity contribution is -0.141. The highest BCUT2D eigenvalue weighted by Crippen LogP contribution is 2.29. The van der Waals surface area contributed by atoms with Crippen molar-refractivity contribution < 1.29 is 35.6 Å². The molecular formula is C10H13BF3NO2. The van der Waals surface area contributed by atoms with Crippen LogP contribution in [0.5, 0.6) is 0 Å². The second-order valence-electron chi connectivity index (χ2n) is 3.29. The van der Waals surface area contributed by atoms with Gasteiger partial charge in [0.25, 0.3) is 0 Å². The summed E-state index contributed by atoms with van der Waals surface area (Å²) < 4.78 is 106. The first-order valence-corrected chi connectivity index (χ1v) is 4.22. The Morgan fingerprint density at radius 3 is 2.12 bits per heavy atom. The normalized spacial score (nSPS) is 22.8. The molecule has 1 rings (SSSR count). The lowest BCUT2D eigenvalue weighted by Gasteiger charge is -2.20. The predicted molar refractivity (Wildman–Crippen MR) is 57.8 cm³/mol. The van der Waals surface area contributed by atoms with Gasteiger partial charge < -0.3 is 10.0 Å². The summed E-state index contributed by atoms with van der Waals surface area (Å²) in [5.41, 5.74) is -8.07. The van der Waals surface area contributed by atoms with Crippen LogP contribution in [0.15, 0.2) is 12.1 Å². The van der Waals surface area contributed by atoms with Crippen LogP contribution in [0, 0.1) is 0 Å². The van der Waals surface area contributed by atoms with Gasteiger partial charge in [-0.1, -0.05) is 20.6 Å². The van der Waals surface area contributed by atoms with Gasteiger partial charge in [-0.2, -0.15) is 13.2 Å². The van der Waals surface area contributed by atoms with Gasteiger partial charge in [0.1, 0.15) is 5.69 Å². The van der Waals surface area contributed by atoms with Gasteiger partial charge in [-0.15, -0.1) is 0 Å². The molecule has 0 aliphatic carbocycles. The molecule has 0 saturated carbocycles. The number of hydrogen-bond donors (Lipinski definition) is 2. The monoisotopic (exact) mass is 256 g/mol. The molecule has 2 N–H and O–H groups in total. The van der Waals surface area contributed by atoms with Gasteiger partial charge in [-0.05, 0) is 17.6 Å². The lowest BCUT2D eigenvalue weighted by atomic mass is 9.78. The zero-order chi connectivity index (χ0) is 20.9. The van der Waals surface area contributed by atoms with Crippen molar-refractivity contribution >= 4 is 12.6 Å². The van der Waals surface area contributed by atoms with E-state index in [0.29, 0.717) is 6.07 Å². The minimum Gasteiger partial charge on any atom is -0.423 e. The fourth-order valence-electron chi connectivity index (χ4n) is 1.04. The fraction of sp³-hybridized carbons (Fsp3) is 0.500. The molecule has 94 valence electrons. The summed E-state index contributed by atoms with van der Waals surface area (Å²) in [6.07, 6.45) is -5.23. The van der Waals surface area contributed by atoms with Gasteiger partial charge in [0.2, 0.25) is 0 Å². The first-order valence-electron chi connectivity index (χ1n) is 8.72. The van der Waals surface area contributed by atoms with Gasteiger partial charge >= 0.3 is 13.3 Å². The summed E-state index contributed by atoms with van der Waals surface area (Å²) in [5.74, 6) is 0. The maximum atomic E-state index is 13.0. The molecule has 1 aromatic heterocycles. The minimum absolute atomic E-state index is 0.150. The first kappa shape index (κ1) is 5.71. The van der Waals surface area contributed by atoms with E-state index in [2.05, 4.69) is 4.98 Å². The zero-order valence-electron chi connectivity index (χ0n) is 17.2. The molecule has 1 heterocycles. The Hall–Kier alpha value is -1.08. The molecule has 17 heavy (non-hydrogen) atoms. The zero-order valence-corrected chi connectivity index (χ0v) is 8.21. The largest absolute Gasteiger partial charge is 0.488 e. The highest BCUT2D eigenvalue weighted by atomic mass is 19.4. The smallest absolute Gasteiger partial charge is 0.423 e. The van der Waals surface area contributed by atoms with Crippen molar-refractivity contribution in [2.75, 3.05) is 0 Å². The van der Waals surface area contributed by atoms with Crippen LogP contribution in [0.3, 0.4) is 0 Å². The van der Waals surface area contributed by atoms with Gasteiger partial charge in [0.15, 0.2) is 0 Å². The average Bonchev–Trinajstić information content (AvgIpc) is 2.32. The Labute approximate surface area is 110 Å². The van der Waals surface area contributed by atoms with Crippen LogP contribution in [0.2, 0.25) is 0 Å². The topological polar surface area (TPSA) is 53.4 Å². The number of nitrogens with zero attached hydrogens (tertiary/aromatic N) is 1. The second kappa shape index (κ2) is 4.31. The van der Waals surface area contributed by atoms with Crippen molar-refractivity contribution in [1.82, 2.24) is 4.98 Å². The van der Waals surface area contributed by atoms with Crippen molar-refractivity contribution in [2.45, 2.75) is 32.1 Å². The number of halogens is 3. The van der Waals surface area contributed by atoms with Crippen molar-refractivity contribution in [1.29, 1.82) is 0 Å². The number of alkyl halides is 3. The Morgan fingerprint density at radius 2 is 1.71 bits per heavy atom. The van der Waals surface area contributed by atoms with Crippen LogP contribution in [0.1, 0.15) is 44.3 Å². The second-order valence-corrected chi connectivity index (χ2v) is 3.29. The molecule has 0 amide bonds. The molecule has 0 radical (unpaired) electrons. The molecular weight excluding hydrogens is 234 g/mol. The van der Waals surface area contributed by atoms with E-state index in [-0.39, 0.29) is 6.07 Å². The van der Waals surface area contributed by atoms with Crippen LogP contribution >= 0.6 is 0 Å². The third kappa shape index (κ3) is 3.44. The molecule has 0 bridgehead atoms. The van der Waals surface area contributed by atoms with E-state index < -0.39 is 56.1 Å². The Bertz CT molecular complexity index is 634. The maximum absolute atomic E-state index is 13.0. The lowest BCUT2D eigenvalue weighted by Crippen LogP contribution is -2.33. The van der Waals surface area contributed by atoms with E-state index in [1.54, 1.807) is 0 Å². The summed E-state index contributed by atoms with van der Waals surface area (Å²) in [5, 5.41) is 18.3. The molecule has 0 aromatic carbocycles. The van der Waals surface area contributed by atoms with Crippen LogP contribution in [0.25, 0.3) is 0 Å². The number of rotatable bonds is 1.